The summed E-state index contributed by atoms with van der Waals surface area (Å²) in [4.78, 5) is 5.65. The first-order chi connectivity index (χ1) is 8.97. The second-order valence-electron chi connectivity index (χ2n) is 4.52. The lowest BCUT2D eigenvalue weighted by molar-refractivity contribution is -0.148. The average Bonchev–Trinajstić information content (AvgIpc) is 2.37. The van der Waals surface area contributed by atoms with Crippen molar-refractivity contribution in [1.29, 1.82) is 0 Å². The van der Waals surface area contributed by atoms with Gasteiger partial charge in [0, 0.05) is 44.6 Å². The summed E-state index contributed by atoms with van der Waals surface area (Å²) in [6.45, 7) is 2.55. The molecule has 1 aliphatic rings. The zero-order valence-corrected chi connectivity index (χ0v) is 11.0. The van der Waals surface area contributed by atoms with Crippen molar-refractivity contribution in [1.82, 2.24) is 15.2 Å². The molecule has 7 heteroatoms. The predicted octanol–water partition coefficient (Wildman–Crippen LogP) is 2.63. The van der Waals surface area contributed by atoms with E-state index in [1.807, 2.05) is 4.90 Å². The van der Waals surface area contributed by atoms with Crippen LogP contribution in [0.15, 0.2) is 18.5 Å². The summed E-state index contributed by atoms with van der Waals surface area (Å²) in [5.74, 6) is 0. The monoisotopic (exact) mass is 293 g/mol. The van der Waals surface area contributed by atoms with Gasteiger partial charge in [-0.15, -0.1) is 0 Å². The van der Waals surface area contributed by atoms with Crippen molar-refractivity contribution in [3.8, 4) is 0 Å². The molecule has 0 radical (unpaired) electrons. The van der Waals surface area contributed by atoms with E-state index in [-0.39, 0.29) is 5.02 Å². The van der Waals surface area contributed by atoms with E-state index in [9.17, 15) is 13.2 Å². The van der Waals surface area contributed by atoms with Crippen LogP contribution >= 0.6 is 11.6 Å². The third-order valence-electron chi connectivity index (χ3n) is 3.18. The van der Waals surface area contributed by atoms with Crippen LogP contribution in [0.5, 0.6) is 0 Å². The zero-order valence-electron chi connectivity index (χ0n) is 10.3. The van der Waals surface area contributed by atoms with Gasteiger partial charge in [-0.3, -0.25) is 9.88 Å². The number of hydrogen-bond donors (Lipinski definition) is 1. The van der Waals surface area contributed by atoms with E-state index in [2.05, 4.69) is 10.3 Å². The molecule has 0 unspecified atom stereocenters. The van der Waals surface area contributed by atoms with Gasteiger partial charge in [0.1, 0.15) is 0 Å². The molecule has 1 saturated heterocycles. The summed E-state index contributed by atoms with van der Waals surface area (Å²) in [5.41, 5.74) is 0.496. The van der Waals surface area contributed by atoms with Crippen LogP contribution in [0.3, 0.4) is 0 Å². The van der Waals surface area contributed by atoms with E-state index in [4.69, 9.17) is 11.6 Å². The molecule has 1 atom stereocenters. The SMILES string of the molecule is FC(F)(F)C[C@H](c1ccncc1Cl)N1CCNCC1. The number of nitrogens with zero attached hydrogens (tertiary/aromatic N) is 2. The van der Waals surface area contributed by atoms with Crippen molar-refractivity contribution < 1.29 is 13.2 Å². The number of aromatic nitrogens is 1. The second-order valence-corrected chi connectivity index (χ2v) is 4.93. The van der Waals surface area contributed by atoms with Gasteiger partial charge in [0.05, 0.1) is 11.4 Å². The van der Waals surface area contributed by atoms with Crippen LogP contribution in [0.2, 0.25) is 5.02 Å². The number of halogens is 4. The first-order valence-electron chi connectivity index (χ1n) is 6.08. The normalized spacial score (nSPS) is 19.4. The molecule has 3 nitrogen and oxygen atoms in total. The predicted molar refractivity (Wildman–Crippen MR) is 67.1 cm³/mol. The van der Waals surface area contributed by atoms with E-state index in [0.717, 1.165) is 0 Å². The minimum absolute atomic E-state index is 0.287. The van der Waals surface area contributed by atoms with Crippen molar-refractivity contribution >= 4 is 11.6 Å². The lowest BCUT2D eigenvalue weighted by Crippen LogP contribution is -2.46. The lowest BCUT2D eigenvalue weighted by Gasteiger charge is -2.35. The standard InChI is InChI=1S/C12H15ClF3N3/c13-10-8-18-2-1-9(10)11(7-12(14,15)16)19-5-3-17-4-6-19/h1-2,8,11,17H,3-7H2/t11-/m1/s1. The van der Waals surface area contributed by atoms with E-state index < -0.39 is 18.6 Å². The highest BCUT2D eigenvalue weighted by molar-refractivity contribution is 6.31. The molecule has 19 heavy (non-hydrogen) atoms. The van der Waals surface area contributed by atoms with Crippen LogP contribution < -0.4 is 5.32 Å². The summed E-state index contributed by atoms with van der Waals surface area (Å²) in [7, 11) is 0. The van der Waals surface area contributed by atoms with E-state index in [0.29, 0.717) is 31.7 Å². The molecule has 2 heterocycles. The first kappa shape index (κ1) is 14.6. The Balaban J connectivity index is 2.25. The average molecular weight is 294 g/mol. The molecule has 0 aliphatic carbocycles. The highest BCUT2D eigenvalue weighted by Crippen LogP contribution is 2.36. The van der Waals surface area contributed by atoms with Gasteiger partial charge < -0.3 is 5.32 Å². The number of pyridine rings is 1. The Morgan fingerprint density at radius 3 is 2.63 bits per heavy atom. The summed E-state index contributed by atoms with van der Waals surface area (Å²) in [6.07, 6.45) is -2.24. The Hall–Kier alpha value is -0.850. The lowest BCUT2D eigenvalue weighted by atomic mass is 10.0. The van der Waals surface area contributed by atoms with Crippen molar-refractivity contribution in [3.63, 3.8) is 0 Å². The van der Waals surface area contributed by atoms with Gasteiger partial charge in [-0.2, -0.15) is 13.2 Å². The smallest absolute Gasteiger partial charge is 0.314 e. The third-order valence-corrected chi connectivity index (χ3v) is 3.50. The minimum atomic E-state index is -4.22. The molecule has 106 valence electrons. The Morgan fingerprint density at radius 2 is 2.05 bits per heavy atom. The molecule has 0 spiro atoms. The first-order valence-corrected chi connectivity index (χ1v) is 6.46. The Morgan fingerprint density at radius 1 is 1.37 bits per heavy atom. The molecule has 2 rings (SSSR count). The van der Waals surface area contributed by atoms with Gasteiger partial charge >= 0.3 is 6.18 Å². The van der Waals surface area contributed by atoms with Crippen LogP contribution in [0.1, 0.15) is 18.0 Å². The maximum Gasteiger partial charge on any atom is 0.390 e. The molecule has 1 aromatic rings. The molecular weight excluding hydrogens is 279 g/mol. The van der Waals surface area contributed by atoms with Crippen LogP contribution in [0.25, 0.3) is 0 Å². The largest absolute Gasteiger partial charge is 0.390 e. The number of piperazine rings is 1. The fourth-order valence-corrected chi connectivity index (χ4v) is 2.55. The van der Waals surface area contributed by atoms with E-state index >= 15 is 0 Å². The number of alkyl halides is 3. The maximum absolute atomic E-state index is 12.8. The maximum atomic E-state index is 12.8. The molecule has 1 fully saturated rings. The Bertz CT molecular complexity index is 419. The van der Waals surface area contributed by atoms with Crippen LogP contribution in [0, 0.1) is 0 Å². The van der Waals surface area contributed by atoms with Gasteiger partial charge in [0.2, 0.25) is 0 Å². The highest BCUT2D eigenvalue weighted by atomic mass is 35.5. The van der Waals surface area contributed by atoms with Crippen LogP contribution in [-0.2, 0) is 0 Å². The van der Waals surface area contributed by atoms with Crippen molar-refractivity contribution in [2.24, 2.45) is 0 Å². The number of rotatable bonds is 3. The van der Waals surface area contributed by atoms with Gasteiger partial charge in [0.25, 0.3) is 0 Å². The summed E-state index contributed by atoms with van der Waals surface area (Å²) < 4.78 is 38.3. The highest BCUT2D eigenvalue weighted by Gasteiger charge is 2.36. The zero-order chi connectivity index (χ0) is 13.9. The quantitative estimate of drug-likeness (QED) is 0.928. The fraction of sp³-hybridized carbons (Fsp3) is 0.583. The fourth-order valence-electron chi connectivity index (χ4n) is 2.30. The molecular formula is C12H15ClF3N3. The molecule has 1 aliphatic heterocycles. The van der Waals surface area contributed by atoms with Crippen molar-refractivity contribution in [3.05, 3.63) is 29.0 Å². The molecule has 1 N–H and O–H groups in total. The molecule has 0 amide bonds. The molecule has 0 saturated carbocycles. The molecule has 0 aromatic carbocycles. The molecule has 0 bridgehead atoms. The van der Waals surface area contributed by atoms with Crippen LogP contribution in [0.4, 0.5) is 13.2 Å². The van der Waals surface area contributed by atoms with Crippen molar-refractivity contribution in [2.75, 3.05) is 26.2 Å². The second kappa shape index (κ2) is 6.07. The van der Waals surface area contributed by atoms with Gasteiger partial charge in [0.15, 0.2) is 0 Å². The number of hydrogen-bond acceptors (Lipinski definition) is 3. The topological polar surface area (TPSA) is 28.2 Å². The van der Waals surface area contributed by atoms with Gasteiger partial charge in [-0.1, -0.05) is 11.6 Å². The summed E-state index contributed by atoms with van der Waals surface area (Å²) in [5, 5.41) is 3.42. The van der Waals surface area contributed by atoms with E-state index in [1.54, 1.807) is 6.07 Å². The summed E-state index contributed by atoms with van der Waals surface area (Å²) in [6, 6.07) is 0.832. The van der Waals surface area contributed by atoms with Gasteiger partial charge in [-0.05, 0) is 11.6 Å². The minimum Gasteiger partial charge on any atom is -0.314 e. The van der Waals surface area contributed by atoms with Crippen molar-refractivity contribution in [2.45, 2.75) is 18.6 Å². The molecule has 1 aromatic heterocycles. The summed E-state index contributed by atoms with van der Waals surface area (Å²) >= 11 is 5.99. The van der Waals surface area contributed by atoms with Crippen LogP contribution in [-0.4, -0.2) is 42.2 Å². The Kier molecular flexibility index (Phi) is 4.65. The van der Waals surface area contributed by atoms with E-state index in [1.165, 1.54) is 12.4 Å². The Labute approximate surface area is 114 Å². The third kappa shape index (κ3) is 4.06. The number of nitrogens with one attached hydrogen (secondary N) is 1. The van der Waals surface area contributed by atoms with Gasteiger partial charge in [-0.25, -0.2) is 0 Å².